The number of benzene rings is 2. The second-order valence-electron chi connectivity index (χ2n) is 12.0. The van der Waals surface area contributed by atoms with Crippen LogP contribution in [0.2, 0.25) is 0 Å². The largest absolute Gasteiger partial charge is 0.465 e. The number of aliphatic hydroxyl groups excluding tert-OH is 1. The summed E-state index contributed by atoms with van der Waals surface area (Å²) in [6.07, 6.45) is -2.14. The van der Waals surface area contributed by atoms with Crippen molar-refractivity contribution >= 4 is 21.8 Å². The lowest BCUT2D eigenvalue weighted by molar-refractivity contribution is -0.385. The first-order chi connectivity index (χ1) is 20.8. The van der Waals surface area contributed by atoms with Crippen molar-refractivity contribution in [2.45, 2.75) is 68.8 Å². The van der Waals surface area contributed by atoms with E-state index in [1.165, 1.54) is 12.1 Å². The third-order valence-electron chi connectivity index (χ3n) is 8.25. The van der Waals surface area contributed by atoms with Crippen LogP contribution in [0.3, 0.4) is 0 Å². The minimum atomic E-state index is -4.53. The Kier molecular flexibility index (Phi) is 10.6. The Hall–Kier alpha value is -3.61. The van der Waals surface area contributed by atoms with Gasteiger partial charge in [-0.3, -0.25) is 10.1 Å². The van der Waals surface area contributed by atoms with Gasteiger partial charge in [-0.15, -0.1) is 0 Å². The molecule has 1 amide bonds. The van der Waals surface area contributed by atoms with Gasteiger partial charge in [-0.2, -0.15) is 9.57 Å². The first kappa shape index (κ1) is 33.3. The number of sulfonamides is 1. The van der Waals surface area contributed by atoms with Crippen molar-refractivity contribution in [2.75, 3.05) is 26.3 Å². The van der Waals surface area contributed by atoms with E-state index in [4.69, 9.17) is 9.47 Å². The number of nitro groups is 1. The molecule has 14 heteroatoms. The van der Waals surface area contributed by atoms with Crippen molar-refractivity contribution in [3.63, 3.8) is 0 Å². The fourth-order valence-corrected chi connectivity index (χ4v) is 7.87. The molecule has 5 atom stereocenters. The van der Waals surface area contributed by atoms with E-state index in [0.717, 1.165) is 15.9 Å². The van der Waals surface area contributed by atoms with Crippen LogP contribution in [-0.4, -0.2) is 78.7 Å². The van der Waals surface area contributed by atoms with Crippen LogP contribution in [0.4, 0.5) is 10.5 Å². The number of non-ortho nitro benzene ring substituents is 1. The highest BCUT2D eigenvalue weighted by Gasteiger charge is 2.45. The van der Waals surface area contributed by atoms with Crippen molar-refractivity contribution in [3.8, 4) is 6.07 Å². The van der Waals surface area contributed by atoms with Crippen LogP contribution >= 0.6 is 0 Å². The average molecular weight is 631 g/mol. The van der Waals surface area contributed by atoms with Crippen molar-refractivity contribution in [1.82, 2.24) is 9.62 Å². The average Bonchev–Trinajstić information content (AvgIpc) is 3.60. The van der Waals surface area contributed by atoms with E-state index in [1.54, 1.807) is 44.2 Å². The summed E-state index contributed by atoms with van der Waals surface area (Å²) >= 11 is 0. The maximum Gasteiger partial charge on any atom is 0.404 e. The van der Waals surface area contributed by atoms with Gasteiger partial charge in [0.05, 0.1) is 41.2 Å². The number of carbonyl (C=O) groups is 1. The summed E-state index contributed by atoms with van der Waals surface area (Å²) in [7, 11) is -4.53. The van der Waals surface area contributed by atoms with Crippen molar-refractivity contribution in [2.24, 2.45) is 11.3 Å². The number of amides is 1. The Morgan fingerprint density at radius 3 is 2.64 bits per heavy atom. The fraction of sp³-hybridized carbons (Fsp3) is 0.533. The number of nitrogens with zero attached hydrogens (tertiary/aromatic N) is 3. The van der Waals surface area contributed by atoms with Crippen LogP contribution in [0, 0.1) is 32.8 Å². The Balaban J connectivity index is 1.76. The third kappa shape index (κ3) is 7.91. The number of ether oxygens (including phenoxy) is 2. The molecule has 238 valence electrons. The maximum absolute atomic E-state index is 14.6. The summed E-state index contributed by atoms with van der Waals surface area (Å²) in [6.45, 7) is 3.55. The van der Waals surface area contributed by atoms with Gasteiger partial charge in [-0.1, -0.05) is 50.2 Å². The van der Waals surface area contributed by atoms with E-state index in [-0.39, 0.29) is 36.8 Å². The molecule has 4 rings (SSSR count). The molecule has 0 aromatic heterocycles. The summed E-state index contributed by atoms with van der Waals surface area (Å²) in [5.41, 5.74) is -0.0689. The summed E-state index contributed by atoms with van der Waals surface area (Å²) in [5.74, 6) is -0.530. The summed E-state index contributed by atoms with van der Waals surface area (Å²) in [6, 6.07) is 13.6. The molecular formula is C30H38N4O9S. The van der Waals surface area contributed by atoms with Gasteiger partial charge < -0.3 is 25.0 Å². The van der Waals surface area contributed by atoms with Crippen molar-refractivity contribution in [3.05, 3.63) is 69.8 Å². The van der Waals surface area contributed by atoms with Gasteiger partial charge in [0.25, 0.3) is 5.69 Å². The first-order valence-electron chi connectivity index (χ1n) is 14.4. The van der Waals surface area contributed by atoms with Gasteiger partial charge in [0.15, 0.2) is 6.29 Å². The molecule has 2 heterocycles. The van der Waals surface area contributed by atoms with E-state index in [2.05, 4.69) is 11.4 Å². The second kappa shape index (κ2) is 14.0. The van der Waals surface area contributed by atoms with Gasteiger partial charge in [0.2, 0.25) is 10.0 Å². The van der Waals surface area contributed by atoms with Gasteiger partial charge in [0.1, 0.15) is 0 Å². The van der Waals surface area contributed by atoms with Crippen molar-refractivity contribution < 1.29 is 37.8 Å². The van der Waals surface area contributed by atoms with Gasteiger partial charge >= 0.3 is 6.09 Å². The fourth-order valence-electron chi connectivity index (χ4n) is 5.93. The second-order valence-corrected chi connectivity index (χ2v) is 14.0. The maximum atomic E-state index is 14.6. The van der Waals surface area contributed by atoms with E-state index in [0.29, 0.717) is 25.0 Å². The van der Waals surface area contributed by atoms with Crippen LogP contribution in [0.1, 0.15) is 50.2 Å². The van der Waals surface area contributed by atoms with E-state index < -0.39 is 63.0 Å². The van der Waals surface area contributed by atoms with Crippen molar-refractivity contribution in [1.29, 1.82) is 5.26 Å². The molecule has 44 heavy (non-hydrogen) atoms. The molecule has 13 nitrogen and oxygen atoms in total. The molecule has 0 saturated carbocycles. The SMILES string of the molecule is CC(C)(CCC#N)CN(C[C@@H](O)[C@H](Cc1ccccc1)NC(=O)O)S(=O)(=O)c1cc([N+](=O)[O-])ccc1[C@@H]1CO[C@H]2OCC[C@H]21. The van der Waals surface area contributed by atoms with Gasteiger partial charge in [0, 0.05) is 43.5 Å². The number of fused-ring (bicyclic) bond motifs is 1. The Bertz CT molecular complexity index is 1480. The van der Waals surface area contributed by atoms with E-state index in [9.17, 15) is 38.8 Å². The number of nitro benzene ring substituents is 1. The highest BCUT2D eigenvalue weighted by molar-refractivity contribution is 7.89. The van der Waals surface area contributed by atoms with Gasteiger partial charge in [-0.25, -0.2) is 13.2 Å². The lowest BCUT2D eigenvalue weighted by Crippen LogP contribution is -2.51. The molecule has 0 unspecified atom stereocenters. The smallest absolute Gasteiger partial charge is 0.404 e. The van der Waals surface area contributed by atoms with Crippen LogP contribution in [0.5, 0.6) is 0 Å². The predicted molar refractivity (Wildman–Crippen MR) is 158 cm³/mol. The standard InChI is InChI=1S/C30H38N4O9S/c1-30(2,12-6-13-31)19-33(17-26(35)25(32-29(36)37)15-20-7-4-3-5-8-20)44(40,41)27-16-21(34(38)39)9-10-22(27)24-18-43-28-23(24)11-14-42-28/h3-5,7-10,16,23-26,28,32,35H,6,11-12,14-15,17-19H2,1-2H3,(H,36,37)/t23-,24-,25-,26+,28+/m0/s1. The summed E-state index contributed by atoms with van der Waals surface area (Å²) in [5, 5.41) is 44.2. The van der Waals surface area contributed by atoms with E-state index in [1.807, 2.05) is 0 Å². The lowest BCUT2D eigenvalue weighted by Gasteiger charge is -2.35. The molecule has 2 aromatic carbocycles. The third-order valence-corrected chi connectivity index (χ3v) is 10.1. The number of hydrogen-bond acceptors (Lipinski definition) is 9. The first-order valence-corrected chi connectivity index (χ1v) is 15.9. The molecule has 0 bridgehead atoms. The predicted octanol–water partition coefficient (Wildman–Crippen LogP) is 3.63. The summed E-state index contributed by atoms with van der Waals surface area (Å²) < 4.78 is 41.6. The topological polar surface area (TPSA) is 192 Å². The minimum absolute atomic E-state index is 0.0879. The van der Waals surface area contributed by atoms with Crippen LogP contribution in [0.15, 0.2) is 53.4 Å². The number of aliphatic hydroxyl groups is 1. The van der Waals surface area contributed by atoms with Gasteiger partial charge in [-0.05, 0) is 35.8 Å². The molecular weight excluding hydrogens is 592 g/mol. The monoisotopic (exact) mass is 630 g/mol. The van der Waals surface area contributed by atoms with E-state index >= 15 is 0 Å². The zero-order chi connectivity index (χ0) is 32.1. The quantitative estimate of drug-likeness (QED) is 0.205. The van der Waals surface area contributed by atoms with Crippen LogP contribution in [0.25, 0.3) is 0 Å². The number of hydrogen-bond donors (Lipinski definition) is 3. The number of nitrogens with one attached hydrogen (secondary N) is 1. The van der Waals surface area contributed by atoms with Crippen LogP contribution < -0.4 is 5.32 Å². The number of carboxylic acid groups (broad SMARTS) is 1. The normalized spacial score (nSPS) is 21.4. The summed E-state index contributed by atoms with van der Waals surface area (Å²) in [4.78, 5) is 22.5. The zero-order valence-corrected chi connectivity index (χ0v) is 25.5. The molecule has 2 aromatic rings. The van der Waals surface area contributed by atoms with Crippen LogP contribution in [-0.2, 0) is 25.9 Å². The highest BCUT2D eigenvalue weighted by Crippen LogP contribution is 2.44. The molecule has 0 spiro atoms. The Morgan fingerprint density at radius 1 is 1.25 bits per heavy atom. The molecule has 2 saturated heterocycles. The highest BCUT2D eigenvalue weighted by atomic mass is 32.2. The molecule has 3 N–H and O–H groups in total. The molecule has 0 radical (unpaired) electrons. The zero-order valence-electron chi connectivity index (χ0n) is 24.7. The number of rotatable bonds is 14. The molecule has 2 aliphatic rings. The lowest BCUT2D eigenvalue weighted by atomic mass is 9.87. The Labute approximate surface area is 256 Å². The molecule has 2 aliphatic heterocycles. The number of nitriles is 1. The minimum Gasteiger partial charge on any atom is -0.465 e. The molecule has 0 aliphatic carbocycles. The molecule has 2 fully saturated rings. The Morgan fingerprint density at radius 2 is 1.98 bits per heavy atom.